The molecule has 0 aliphatic heterocycles. The lowest BCUT2D eigenvalue weighted by Gasteiger charge is -2.20. The number of hydrogen-bond acceptors (Lipinski definition) is 1. The van der Waals surface area contributed by atoms with E-state index >= 15 is 0 Å². The predicted molar refractivity (Wildman–Crippen MR) is 90.7 cm³/mol. The van der Waals surface area contributed by atoms with Crippen molar-refractivity contribution in [3.8, 4) is 0 Å². The summed E-state index contributed by atoms with van der Waals surface area (Å²) in [6.45, 7) is 2.86. The summed E-state index contributed by atoms with van der Waals surface area (Å²) in [6.07, 6.45) is 0.701. The largest absolute Gasteiger partial charge is 0.310 e. The average molecular weight is 391 g/mol. The van der Waals surface area contributed by atoms with Crippen LogP contribution in [0.1, 0.15) is 24.1 Å². The Hall–Kier alpha value is -0.610. The van der Waals surface area contributed by atoms with Crippen molar-refractivity contribution in [3.63, 3.8) is 0 Å². The third-order valence-corrected chi connectivity index (χ3v) is 4.45. The molecule has 2 rings (SSSR count). The number of likely N-dealkylation sites (N-methyl/N-ethyl adjacent to an activating group) is 1. The second kappa shape index (κ2) is 7.59. The molecule has 21 heavy (non-hydrogen) atoms. The van der Waals surface area contributed by atoms with Gasteiger partial charge < -0.3 is 5.32 Å². The van der Waals surface area contributed by atoms with Crippen molar-refractivity contribution in [1.82, 2.24) is 5.32 Å². The summed E-state index contributed by atoms with van der Waals surface area (Å²) in [5.41, 5.74) is 2.05. The van der Waals surface area contributed by atoms with Gasteiger partial charge in [-0.25, -0.2) is 4.39 Å². The highest BCUT2D eigenvalue weighted by molar-refractivity contribution is 9.10. The van der Waals surface area contributed by atoms with Crippen LogP contribution in [0.15, 0.2) is 40.9 Å². The minimum atomic E-state index is -0.399. The van der Waals surface area contributed by atoms with Crippen LogP contribution in [0, 0.1) is 5.82 Å². The summed E-state index contributed by atoms with van der Waals surface area (Å²) >= 11 is 15.5. The molecule has 1 atom stereocenters. The van der Waals surface area contributed by atoms with E-state index in [9.17, 15) is 4.39 Å². The Morgan fingerprint density at radius 2 is 1.95 bits per heavy atom. The molecule has 0 amide bonds. The molecule has 112 valence electrons. The monoisotopic (exact) mass is 389 g/mol. The third kappa shape index (κ3) is 4.43. The number of benzene rings is 2. The second-order valence-corrected chi connectivity index (χ2v) is 6.43. The van der Waals surface area contributed by atoms with Crippen LogP contribution in [0.25, 0.3) is 0 Å². The number of rotatable bonds is 5. The average Bonchev–Trinajstić information content (AvgIpc) is 2.45. The maximum atomic E-state index is 13.3. The van der Waals surface area contributed by atoms with Gasteiger partial charge in [-0.1, -0.05) is 52.1 Å². The van der Waals surface area contributed by atoms with E-state index in [1.807, 2.05) is 25.1 Å². The summed E-state index contributed by atoms with van der Waals surface area (Å²) in [6, 6.07) is 10.6. The highest BCUT2D eigenvalue weighted by atomic mass is 79.9. The van der Waals surface area contributed by atoms with E-state index in [-0.39, 0.29) is 11.1 Å². The Labute approximate surface area is 142 Å². The van der Waals surface area contributed by atoms with Crippen LogP contribution in [0.5, 0.6) is 0 Å². The van der Waals surface area contributed by atoms with Crippen LogP contribution < -0.4 is 5.32 Å². The van der Waals surface area contributed by atoms with Crippen LogP contribution >= 0.6 is 39.1 Å². The standard InChI is InChI=1S/C16H15BrCl2FN/c1-2-21-16(12-9-11(18)4-5-13(12)17)8-10-3-6-15(20)14(19)7-10/h3-7,9,16,21H,2,8H2,1H3. The van der Waals surface area contributed by atoms with E-state index in [1.54, 1.807) is 12.1 Å². The Morgan fingerprint density at radius 1 is 1.19 bits per heavy atom. The quantitative estimate of drug-likeness (QED) is 0.681. The summed E-state index contributed by atoms with van der Waals surface area (Å²) in [7, 11) is 0. The van der Waals surface area contributed by atoms with Crippen LogP contribution in [-0.2, 0) is 6.42 Å². The SMILES string of the molecule is CCNC(Cc1ccc(F)c(Cl)c1)c1cc(Cl)ccc1Br. The van der Waals surface area contributed by atoms with Gasteiger partial charge in [-0.15, -0.1) is 0 Å². The van der Waals surface area contributed by atoms with Crippen molar-refractivity contribution in [2.75, 3.05) is 6.54 Å². The zero-order valence-electron chi connectivity index (χ0n) is 11.5. The highest BCUT2D eigenvalue weighted by Gasteiger charge is 2.15. The predicted octanol–water partition coefficient (Wildman–Crippen LogP) is 5.79. The Kier molecular flexibility index (Phi) is 6.06. The van der Waals surface area contributed by atoms with Crippen LogP contribution in [0.2, 0.25) is 10.0 Å². The molecule has 1 N–H and O–H groups in total. The van der Waals surface area contributed by atoms with E-state index in [0.29, 0.717) is 11.4 Å². The molecule has 2 aromatic rings. The smallest absolute Gasteiger partial charge is 0.141 e. The summed E-state index contributed by atoms with van der Waals surface area (Å²) in [5.74, 6) is -0.399. The van der Waals surface area contributed by atoms with E-state index < -0.39 is 5.82 Å². The number of nitrogens with one attached hydrogen (secondary N) is 1. The van der Waals surface area contributed by atoms with Crippen molar-refractivity contribution in [3.05, 3.63) is 67.9 Å². The molecule has 0 fully saturated rings. The molecule has 1 nitrogen and oxygen atoms in total. The van der Waals surface area contributed by atoms with Crippen molar-refractivity contribution in [2.24, 2.45) is 0 Å². The molecule has 0 bridgehead atoms. The van der Waals surface area contributed by atoms with Crippen LogP contribution in [0.3, 0.4) is 0 Å². The first-order chi connectivity index (χ1) is 10.0. The normalized spacial score (nSPS) is 12.4. The van der Waals surface area contributed by atoms with E-state index in [2.05, 4.69) is 21.2 Å². The van der Waals surface area contributed by atoms with Crippen molar-refractivity contribution < 1.29 is 4.39 Å². The zero-order chi connectivity index (χ0) is 15.4. The van der Waals surface area contributed by atoms with Gasteiger partial charge in [0.1, 0.15) is 5.82 Å². The third-order valence-electron chi connectivity index (χ3n) is 3.21. The molecule has 1 unspecified atom stereocenters. The Balaban J connectivity index is 2.30. The maximum absolute atomic E-state index is 13.3. The van der Waals surface area contributed by atoms with E-state index in [1.165, 1.54) is 6.07 Å². The summed E-state index contributed by atoms with van der Waals surface area (Å²) < 4.78 is 14.2. The van der Waals surface area contributed by atoms with E-state index in [4.69, 9.17) is 23.2 Å². The van der Waals surface area contributed by atoms with Gasteiger partial charge in [0.15, 0.2) is 0 Å². The molecular formula is C16H15BrCl2FN. The van der Waals surface area contributed by atoms with Gasteiger partial charge in [0.2, 0.25) is 0 Å². The fraction of sp³-hybridized carbons (Fsp3) is 0.250. The lowest BCUT2D eigenvalue weighted by atomic mass is 9.98. The second-order valence-electron chi connectivity index (χ2n) is 4.73. The van der Waals surface area contributed by atoms with Gasteiger partial charge in [0.05, 0.1) is 5.02 Å². The molecule has 0 saturated heterocycles. The minimum Gasteiger partial charge on any atom is -0.310 e. The first-order valence-electron chi connectivity index (χ1n) is 6.63. The number of halogens is 4. The molecule has 0 spiro atoms. The van der Waals surface area contributed by atoms with Crippen molar-refractivity contribution in [2.45, 2.75) is 19.4 Å². The minimum absolute atomic E-state index is 0.0737. The fourth-order valence-corrected chi connectivity index (χ4v) is 3.13. The first kappa shape index (κ1) is 16.8. The van der Waals surface area contributed by atoms with Crippen molar-refractivity contribution in [1.29, 1.82) is 0 Å². The summed E-state index contributed by atoms with van der Waals surface area (Å²) in [5, 5.41) is 4.26. The lowest BCUT2D eigenvalue weighted by Crippen LogP contribution is -2.23. The Bertz CT molecular complexity index is 634. The molecule has 0 heterocycles. The fourth-order valence-electron chi connectivity index (χ4n) is 2.22. The van der Waals surface area contributed by atoms with Gasteiger partial charge >= 0.3 is 0 Å². The molecule has 0 aliphatic rings. The molecular weight excluding hydrogens is 376 g/mol. The van der Waals surface area contributed by atoms with Gasteiger partial charge in [-0.05, 0) is 54.4 Å². The number of hydrogen-bond donors (Lipinski definition) is 1. The van der Waals surface area contributed by atoms with Crippen molar-refractivity contribution >= 4 is 39.1 Å². The highest BCUT2D eigenvalue weighted by Crippen LogP contribution is 2.29. The first-order valence-corrected chi connectivity index (χ1v) is 8.18. The van der Waals surface area contributed by atoms with E-state index in [0.717, 1.165) is 22.1 Å². The molecule has 2 aromatic carbocycles. The molecule has 5 heteroatoms. The zero-order valence-corrected chi connectivity index (χ0v) is 14.6. The van der Waals surface area contributed by atoms with Gasteiger partial charge in [0, 0.05) is 15.5 Å². The maximum Gasteiger partial charge on any atom is 0.141 e. The molecule has 0 aromatic heterocycles. The topological polar surface area (TPSA) is 12.0 Å². The molecule has 0 radical (unpaired) electrons. The van der Waals surface area contributed by atoms with Crippen LogP contribution in [0.4, 0.5) is 4.39 Å². The lowest BCUT2D eigenvalue weighted by molar-refractivity contribution is 0.547. The van der Waals surface area contributed by atoms with Gasteiger partial charge in [0.25, 0.3) is 0 Å². The van der Waals surface area contributed by atoms with Crippen LogP contribution in [-0.4, -0.2) is 6.54 Å². The summed E-state index contributed by atoms with van der Waals surface area (Å²) in [4.78, 5) is 0. The van der Waals surface area contributed by atoms with Gasteiger partial charge in [-0.2, -0.15) is 0 Å². The molecule has 0 saturated carbocycles. The van der Waals surface area contributed by atoms with Gasteiger partial charge in [-0.3, -0.25) is 0 Å². The Morgan fingerprint density at radius 3 is 2.62 bits per heavy atom. The molecule has 0 aliphatic carbocycles.